The van der Waals surface area contributed by atoms with Gasteiger partial charge in [0.2, 0.25) is 11.1 Å². The van der Waals surface area contributed by atoms with Gasteiger partial charge in [0.1, 0.15) is 5.75 Å². The number of tetrazole rings is 1. The van der Waals surface area contributed by atoms with E-state index in [0.717, 1.165) is 23.1 Å². The van der Waals surface area contributed by atoms with Crippen LogP contribution < -0.4 is 10.1 Å². The molecule has 0 radical (unpaired) electrons. The highest BCUT2D eigenvalue weighted by Gasteiger charge is 2.42. The van der Waals surface area contributed by atoms with E-state index in [1.165, 1.54) is 37.4 Å². The smallest absolute Gasteiger partial charge is 0.233 e. The Morgan fingerprint density at radius 1 is 1.28 bits per heavy atom. The van der Waals surface area contributed by atoms with Crippen LogP contribution in [0.5, 0.6) is 5.75 Å². The van der Waals surface area contributed by atoms with Gasteiger partial charge in [-0.3, -0.25) is 4.79 Å². The summed E-state index contributed by atoms with van der Waals surface area (Å²) in [5.74, 6) is 3.20. The van der Waals surface area contributed by atoms with Crippen molar-refractivity contribution in [2.75, 3.05) is 7.11 Å². The van der Waals surface area contributed by atoms with Crippen molar-refractivity contribution < 1.29 is 9.53 Å². The summed E-state index contributed by atoms with van der Waals surface area (Å²) in [7, 11) is 1.65. The molecular formula is C21H29N5O2S. The SMILES string of the molecule is COc1ccc(Cn2nnnc2S[C@H](C)C(=O)N[C@H](C)[C@@H]2C[C@H]3CC[C@H]2C3)cc1. The molecule has 1 amide bonds. The number of methoxy groups -OCH3 is 1. The molecule has 4 rings (SSSR count). The lowest BCUT2D eigenvalue weighted by Gasteiger charge is -2.29. The summed E-state index contributed by atoms with van der Waals surface area (Å²) < 4.78 is 6.93. The molecule has 1 aromatic heterocycles. The van der Waals surface area contributed by atoms with Gasteiger partial charge in [-0.2, -0.15) is 0 Å². The molecule has 1 N–H and O–H groups in total. The van der Waals surface area contributed by atoms with E-state index in [4.69, 9.17) is 4.74 Å². The zero-order chi connectivity index (χ0) is 20.4. The fraction of sp³-hybridized carbons (Fsp3) is 0.619. The number of carbonyl (C=O) groups excluding carboxylic acids is 1. The predicted molar refractivity (Wildman–Crippen MR) is 112 cm³/mol. The Morgan fingerprint density at radius 2 is 2.07 bits per heavy atom. The largest absolute Gasteiger partial charge is 0.497 e. The molecule has 2 aliphatic carbocycles. The molecule has 2 aromatic rings. The predicted octanol–water partition coefficient (Wildman–Crippen LogP) is 3.15. The summed E-state index contributed by atoms with van der Waals surface area (Å²) in [5.41, 5.74) is 1.07. The number of hydrogen-bond acceptors (Lipinski definition) is 6. The van der Waals surface area contributed by atoms with Crippen molar-refractivity contribution in [3.63, 3.8) is 0 Å². The van der Waals surface area contributed by atoms with E-state index in [0.29, 0.717) is 17.6 Å². The maximum atomic E-state index is 12.8. The van der Waals surface area contributed by atoms with Crippen molar-refractivity contribution in [3.05, 3.63) is 29.8 Å². The molecule has 156 valence electrons. The molecule has 1 aromatic carbocycles. The number of fused-ring (bicyclic) bond motifs is 2. The number of benzene rings is 1. The number of hydrogen-bond donors (Lipinski definition) is 1. The molecule has 2 fully saturated rings. The molecule has 0 unspecified atom stereocenters. The van der Waals surface area contributed by atoms with Gasteiger partial charge in [0, 0.05) is 6.04 Å². The maximum Gasteiger partial charge on any atom is 0.233 e. The van der Waals surface area contributed by atoms with Crippen molar-refractivity contribution in [3.8, 4) is 5.75 Å². The third kappa shape index (κ3) is 4.57. The van der Waals surface area contributed by atoms with Gasteiger partial charge in [-0.05, 0) is 79.0 Å². The normalized spacial score (nSPS) is 25.0. The topological polar surface area (TPSA) is 81.9 Å². The first-order chi connectivity index (χ1) is 14.0. The number of carbonyl (C=O) groups is 1. The minimum absolute atomic E-state index is 0.0595. The van der Waals surface area contributed by atoms with E-state index in [9.17, 15) is 4.79 Å². The van der Waals surface area contributed by atoms with Crippen molar-refractivity contribution in [1.82, 2.24) is 25.5 Å². The monoisotopic (exact) mass is 415 g/mol. The number of nitrogens with one attached hydrogen (secondary N) is 1. The van der Waals surface area contributed by atoms with E-state index in [1.807, 2.05) is 31.2 Å². The first-order valence-corrected chi connectivity index (χ1v) is 11.3. The summed E-state index contributed by atoms with van der Waals surface area (Å²) in [6.45, 7) is 4.63. The number of nitrogens with zero attached hydrogens (tertiary/aromatic N) is 4. The molecule has 0 saturated heterocycles. The molecule has 0 spiro atoms. The summed E-state index contributed by atoms with van der Waals surface area (Å²) in [6.07, 6.45) is 5.34. The Kier molecular flexibility index (Phi) is 6.08. The van der Waals surface area contributed by atoms with Crippen molar-refractivity contribution in [2.45, 2.75) is 62.5 Å². The molecule has 2 aliphatic rings. The van der Waals surface area contributed by atoms with Crippen molar-refractivity contribution in [1.29, 1.82) is 0 Å². The second kappa shape index (κ2) is 8.73. The minimum atomic E-state index is -0.253. The second-order valence-corrected chi connectivity index (χ2v) is 9.67. The summed E-state index contributed by atoms with van der Waals surface area (Å²) >= 11 is 1.40. The van der Waals surface area contributed by atoms with Crippen LogP contribution in [-0.2, 0) is 11.3 Å². The fourth-order valence-corrected chi connectivity index (χ4v) is 5.65. The molecule has 2 bridgehead atoms. The van der Waals surface area contributed by atoms with E-state index >= 15 is 0 Å². The van der Waals surface area contributed by atoms with Crippen LogP contribution in [-0.4, -0.2) is 44.5 Å². The average molecular weight is 416 g/mol. The molecule has 0 aliphatic heterocycles. The van der Waals surface area contributed by atoms with Crippen LogP contribution in [0.25, 0.3) is 0 Å². The van der Waals surface area contributed by atoms with Gasteiger partial charge in [0.05, 0.1) is 18.9 Å². The number of rotatable bonds is 8. The van der Waals surface area contributed by atoms with Crippen LogP contribution in [0, 0.1) is 17.8 Å². The van der Waals surface area contributed by atoms with Crippen LogP contribution in [0.1, 0.15) is 45.1 Å². The molecule has 29 heavy (non-hydrogen) atoms. The van der Waals surface area contributed by atoms with E-state index in [-0.39, 0.29) is 17.2 Å². The van der Waals surface area contributed by atoms with Crippen LogP contribution in [0.2, 0.25) is 0 Å². The number of thioether (sulfide) groups is 1. The Bertz CT molecular complexity index is 840. The van der Waals surface area contributed by atoms with Gasteiger partial charge in [0.25, 0.3) is 0 Å². The zero-order valence-electron chi connectivity index (χ0n) is 17.2. The van der Waals surface area contributed by atoms with Crippen LogP contribution >= 0.6 is 11.8 Å². The van der Waals surface area contributed by atoms with Gasteiger partial charge in [-0.25, -0.2) is 4.68 Å². The highest BCUT2D eigenvalue weighted by atomic mass is 32.2. The van der Waals surface area contributed by atoms with Gasteiger partial charge in [-0.15, -0.1) is 5.10 Å². The molecule has 5 atom stereocenters. The maximum absolute atomic E-state index is 12.8. The standard InChI is InChI=1S/C21H29N5O2S/c1-13(19-11-16-4-7-17(19)10-16)22-20(27)14(2)29-21-23-24-25-26(21)12-15-5-8-18(28-3)9-6-15/h5-6,8-9,13-14,16-17,19H,4,7,10-12H2,1-3H3,(H,22,27)/t13-,14-,16+,17+,19+/m1/s1. The number of ether oxygens (including phenoxy) is 1. The Morgan fingerprint density at radius 3 is 2.72 bits per heavy atom. The summed E-state index contributed by atoms with van der Waals surface area (Å²) in [6, 6.07) is 8.04. The van der Waals surface area contributed by atoms with Gasteiger partial charge in [0.15, 0.2) is 0 Å². The first-order valence-electron chi connectivity index (χ1n) is 10.4. The Labute approximate surface area is 176 Å². The van der Waals surface area contributed by atoms with Gasteiger partial charge < -0.3 is 10.1 Å². The molecule has 8 heteroatoms. The van der Waals surface area contributed by atoms with Crippen LogP contribution in [0.4, 0.5) is 0 Å². The van der Waals surface area contributed by atoms with Crippen LogP contribution in [0.15, 0.2) is 29.4 Å². The quantitative estimate of drug-likeness (QED) is 0.667. The lowest BCUT2D eigenvalue weighted by Crippen LogP contribution is -2.43. The third-order valence-corrected chi connectivity index (χ3v) is 7.52. The van der Waals surface area contributed by atoms with Crippen LogP contribution in [0.3, 0.4) is 0 Å². The Balaban J connectivity index is 1.32. The highest BCUT2D eigenvalue weighted by Crippen LogP contribution is 2.49. The van der Waals surface area contributed by atoms with Gasteiger partial charge >= 0.3 is 0 Å². The summed E-state index contributed by atoms with van der Waals surface area (Å²) in [5, 5.41) is 15.6. The number of aromatic nitrogens is 4. The van der Waals surface area contributed by atoms with Crippen molar-refractivity contribution in [2.24, 2.45) is 17.8 Å². The molecule has 7 nitrogen and oxygen atoms in total. The highest BCUT2D eigenvalue weighted by molar-refractivity contribution is 8.00. The van der Waals surface area contributed by atoms with E-state index in [2.05, 4.69) is 27.8 Å². The third-order valence-electron chi connectivity index (χ3n) is 6.45. The summed E-state index contributed by atoms with van der Waals surface area (Å²) in [4.78, 5) is 12.8. The van der Waals surface area contributed by atoms with E-state index < -0.39 is 0 Å². The minimum Gasteiger partial charge on any atom is -0.497 e. The lowest BCUT2D eigenvalue weighted by atomic mass is 9.84. The van der Waals surface area contributed by atoms with Gasteiger partial charge in [-0.1, -0.05) is 30.3 Å². The van der Waals surface area contributed by atoms with E-state index in [1.54, 1.807) is 11.8 Å². The average Bonchev–Trinajstić information content (AvgIpc) is 3.46. The first kappa shape index (κ1) is 20.2. The molecule has 2 saturated carbocycles. The van der Waals surface area contributed by atoms with Crippen molar-refractivity contribution >= 4 is 17.7 Å². The second-order valence-electron chi connectivity index (χ2n) is 8.36. The lowest BCUT2D eigenvalue weighted by molar-refractivity contribution is -0.121. The zero-order valence-corrected chi connectivity index (χ0v) is 18.1. The fourth-order valence-electron chi connectivity index (χ4n) is 4.85. The number of amides is 1. The molecule has 1 heterocycles. The Hall–Kier alpha value is -2.09. The molecular weight excluding hydrogens is 386 g/mol.